The molecule has 0 bridgehead atoms. The fraction of sp³-hybridized carbons (Fsp3) is 0.533. The van der Waals surface area contributed by atoms with Crippen molar-refractivity contribution in [3.8, 4) is 11.5 Å². The van der Waals surface area contributed by atoms with Crippen molar-refractivity contribution in [3.63, 3.8) is 0 Å². The topological polar surface area (TPSA) is 35.5 Å². The number of rotatable bonds is 4. The molecule has 1 fully saturated rings. The summed E-state index contributed by atoms with van der Waals surface area (Å²) in [5.74, 6) is 1.66. The minimum absolute atomic E-state index is 0.257. The summed E-state index contributed by atoms with van der Waals surface area (Å²) in [6, 6.07) is 5.83. The van der Waals surface area contributed by atoms with Crippen LogP contribution in [0, 0.1) is 0 Å². The summed E-state index contributed by atoms with van der Waals surface area (Å²) < 4.78 is 10.6. The summed E-state index contributed by atoms with van der Waals surface area (Å²) in [5, 5.41) is 0. The van der Waals surface area contributed by atoms with E-state index in [9.17, 15) is 4.79 Å². The number of ketones is 1. The van der Waals surface area contributed by atoms with E-state index in [1.165, 1.54) is 0 Å². The number of methoxy groups -OCH3 is 2. The molecule has 0 N–H and O–H groups in total. The van der Waals surface area contributed by atoms with Crippen LogP contribution < -0.4 is 9.47 Å². The van der Waals surface area contributed by atoms with Crippen LogP contribution in [0.15, 0.2) is 18.2 Å². The van der Waals surface area contributed by atoms with E-state index in [4.69, 9.17) is 9.47 Å². The molecule has 3 nitrogen and oxygen atoms in total. The quantitative estimate of drug-likeness (QED) is 0.821. The molecule has 1 saturated carbocycles. The minimum atomic E-state index is -0.306. The number of ether oxygens (including phenoxy) is 2. The van der Waals surface area contributed by atoms with Gasteiger partial charge < -0.3 is 9.47 Å². The van der Waals surface area contributed by atoms with Crippen molar-refractivity contribution in [3.05, 3.63) is 23.8 Å². The minimum Gasteiger partial charge on any atom is -0.493 e. The van der Waals surface area contributed by atoms with E-state index in [0.717, 1.165) is 31.2 Å². The zero-order chi connectivity index (χ0) is 13.2. The van der Waals surface area contributed by atoms with Crippen LogP contribution >= 0.6 is 0 Å². The van der Waals surface area contributed by atoms with Gasteiger partial charge in [0, 0.05) is 0 Å². The Kier molecular flexibility index (Phi) is 3.60. The summed E-state index contributed by atoms with van der Waals surface area (Å²) in [5.41, 5.74) is 0.754. The van der Waals surface area contributed by atoms with E-state index in [1.54, 1.807) is 21.1 Å². The molecule has 0 amide bonds. The molecule has 1 aromatic carbocycles. The largest absolute Gasteiger partial charge is 0.493 e. The Morgan fingerprint density at radius 1 is 1.11 bits per heavy atom. The predicted octanol–water partition coefficient (Wildman–Crippen LogP) is 3.10. The Bertz CT molecular complexity index is 445. The zero-order valence-electron chi connectivity index (χ0n) is 11.3. The van der Waals surface area contributed by atoms with Gasteiger partial charge >= 0.3 is 0 Å². The predicted molar refractivity (Wildman–Crippen MR) is 70.4 cm³/mol. The van der Waals surface area contributed by atoms with E-state index in [-0.39, 0.29) is 11.2 Å². The molecule has 18 heavy (non-hydrogen) atoms. The van der Waals surface area contributed by atoms with Crippen LogP contribution in [0.5, 0.6) is 11.5 Å². The number of Topliss-reactive ketones (excluding diaryl/α,β-unsaturated/α-hetero) is 1. The lowest BCUT2D eigenvalue weighted by atomic mass is 9.75. The molecule has 0 heterocycles. The Balaban J connectivity index is 2.46. The van der Waals surface area contributed by atoms with Gasteiger partial charge in [-0.05, 0) is 37.5 Å². The zero-order valence-corrected chi connectivity index (χ0v) is 11.3. The normalized spacial score (nSPS) is 17.5. The first-order valence-electron chi connectivity index (χ1n) is 6.37. The molecule has 0 saturated heterocycles. The van der Waals surface area contributed by atoms with Gasteiger partial charge in [-0.25, -0.2) is 0 Å². The van der Waals surface area contributed by atoms with Crippen LogP contribution in [-0.4, -0.2) is 20.0 Å². The van der Waals surface area contributed by atoms with E-state index in [0.29, 0.717) is 11.5 Å². The highest BCUT2D eigenvalue weighted by Crippen LogP contribution is 2.44. The highest BCUT2D eigenvalue weighted by Gasteiger charge is 2.40. The van der Waals surface area contributed by atoms with Crippen LogP contribution in [-0.2, 0) is 10.2 Å². The molecule has 0 atom stereocenters. The standard InChI is InChI=1S/C15H20O3/c1-11(16)15(8-4-5-9-15)12-6-7-13(17-2)14(10-12)18-3/h6-7,10H,4-5,8-9H2,1-3H3. The van der Waals surface area contributed by atoms with Gasteiger partial charge in [0.25, 0.3) is 0 Å². The van der Waals surface area contributed by atoms with Crippen molar-refractivity contribution in [2.45, 2.75) is 38.0 Å². The van der Waals surface area contributed by atoms with Crippen molar-refractivity contribution in [1.82, 2.24) is 0 Å². The van der Waals surface area contributed by atoms with E-state index >= 15 is 0 Å². The van der Waals surface area contributed by atoms with Crippen LogP contribution in [0.4, 0.5) is 0 Å². The highest BCUT2D eigenvalue weighted by molar-refractivity contribution is 5.88. The second-order valence-electron chi connectivity index (χ2n) is 4.92. The first-order chi connectivity index (χ1) is 8.64. The molecule has 1 aliphatic rings. The third-order valence-corrected chi connectivity index (χ3v) is 4.07. The molecule has 0 aliphatic heterocycles. The fourth-order valence-corrected chi connectivity index (χ4v) is 2.96. The summed E-state index contributed by atoms with van der Waals surface area (Å²) in [4.78, 5) is 12.1. The van der Waals surface area contributed by atoms with Crippen molar-refractivity contribution < 1.29 is 14.3 Å². The fourth-order valence-electron chi connectivity index (χ4n) is 2.96. The first-order valence-corrected chi connectivity index (χ1v) is 6.37. The molecule has 1 aliphatic carbocycles. The maximum Gasteiger partial charge on any atom is 0.161 e. The number of hydrogen-bond donors (Lipinski definition) is 0. The molecule has 1 aromatic rings. The molecule has 98 valence electrons. The van der Waals surface area contributed by atoms with Crippen LogP contribution in [0.1, 0.15) is 38.2 Å². The smallest absolute Gasteiger partial charge is 0.161 e. The average Bonchev–Trinajstić information content (AvgIpc) is 2.88. The number of carbonyl (C=O) groups is 1. The van der Waals surface area contributed by atoms with E-state index in [2.05, 4.69) is 0 Å². The van der Waals surface area contributed by atoms with Crippen molar-refractivity contribution in [2.75, 3.05) is 14.2 Å². The molecular formula is C15H20O3. The average molecular weight is 248 g/mol. The van der Waals surface area contributed by atoms with Gasteiger partial charge in [0.2, 0.25) is 0 Å². The summed E-state index contributed by atoms with van der Waals surface area (Å²) in [6.45, 7) is 1.70. The van der Waals surface area contributed by atoms with Gasteiger partial charge in [-0.2, -0.15) is 0 Å². The van der Waals surface area contributed by atoms with Crippen LogP contribution in [0.2, 0.25) is 0 Å². The SMILES string of the molecule is COc1ccc(C2(C(C)=O)CCCC2)cc1OC. The molecule has 0 radical (unpaired) electrons. The Morgan fingerprint density at radius 3 is 2.22 bits per heavy atom. The van der Waals surface area contributed by atoms with Gasteiger partial charge in [-0.1, -0.05) is 18.9 Å². The Labute approximate surface area is 108 Å². The van der Waals surface area contributed by atoms with Crippen LogP contribution in [0.3, 0.4) is 0 Å². The lowest BCUT2D eigenvalue weighted by Gasteiger charge is -2.27. The lowest BCUT2D eigenvalue weighted by molar-refractivity contribution is -0.122. The number of hydrogen-bond acceptors (Lipinski definition) is 3. The Morgan fingerprint density at radius 2 is 1.72 bits per heavy atom. The molecule has 2 rings (SSSR count). The molecule has 0 unspecified atom stereocenters. The molecular weight excluding hydrogens is 228 g/mol. The monoisotopic (exact) mass is 248 g/mol. The molecule has 0 aromatic heterocycles. The second-order valence-corrected chi connectivity index (χ2v) is 4.92. The van der Waals surface area contributed by atoms with Gasteiger partial charge in [-0.3, -0.25) is 4.79 Å². The second kappa shape index (κ2) is 5.01. The van der Waals surface area contributed by atoms with Gasteiger partial charge in [0.1, 0.15) is 5.78 Å². The van der Waals surface area contributed by atoms with Crippen molar-refractivity contribution in [2.24, 2.45) is 0 Å². The van der Waals surface area contributed by atoms with Gasteiger partial charge in [0.05, 0.1) is 19.6 Å². The lowest BCUT2D eigenvalue weighted by Crippen LogP contribution is -2.30. The van der Waals surface area contributed by atoms with E-state index < -0.39 is 0 Å². The summed E-state index contributed by atoms with van der Waals surface area (Å²) in [7, 11) is 3.24. The Hall–Kier alpha value is -1.51. The maximum atomic E-state index is 12.1. The third-order valence-electron chi connectivity index (χ3n) is 4.07. The molecule has 0 spiro atoms. The van der Waals surface area contributed by atoms with Gasteiger partial charge in [0.15, 0.2) is 11.5 Å². The van der Waals surface area contributed by atoms with Crippen molar-refractivity contribution >= 4 is 5.78 Å². The maximum absolute atomic E-state index is 12.1. The van der Waals surface area contributed by atoms with E-state index in [1.807, 2.05) is 18.2 Å². The summed E-state index contributed by atoms with van der Waals surface area (Å²) in [6.07, 6.45) is 4.12. The summed E-state index contributed by atoms with van der Waals surface area (Å²) >= 11 is 0. The van der Waals surface area contributed by atoms with Gasteiger partial charge in [-0.15, -0.1) is 0 Å². The third kappa shape index (κ3) is 1.98. The van der Waals surface area contributed by atoms with Crippen molar-refractivity contribution in [1.29, 1.82) is 0 Å². The first kappa shape index (κ1) is 12.9. The number of carbonyl (C=O) groups excluding carboxylic acids is 1. The highest BCUT2D eigenvalue weighted by atomic mass is 16.5. The van der Waals surface area contributed by atoms with Crippen LogP contribution in [0.25, 0.3) is 0 Å². The number of benzene rings is 1. The molecule has 3 heteroatoms.